The molecule has 1 saturated heterocycles. The zero-order chi connectivity index (χ0) is 23.3. The number of ether oxygens (including phenoxy) is 3. The molecular weight excluding hydrogens is 428 g/mol. The third kappa shape index (κ3) is 3.80. The van der Waals surface area contributed by atoms with E-state index in [0.717, 1.165) is 18.2 Å². The SMILES string of the molecule is C[C@@H]1O[C@@H](OC2C(=O)c3c(O)cc(O)cc3OC2c2cc(O)cc(O)c2)[C@H](O)[C@H](O)[C@H]1O. The number of aliphatic hydroxyl groups excluding tert-OH is 3. The van der Waals surface area contributed by atoms with Gasteiger partial charge in [0.1, 0.15) is 52.6 Å². The molecule has 1 fully saturated rings. The number of rotatable bonds is 3. The minimum absolute atomic E-state index is 0.105. The highest BCUT2D eigenvalue weighted by atomic mass is 16.7. The van der Waals surface area contributed by atoms with Crippen LogP contribution in [0.15, 0.2) is 30.3 Å². The second-order valence-corrected chi connectivity index (χ2v) is 7.76. The van der Waals surface area contributed by atoms with E-state index in [1.807, 2.05) is 0 Å². The van der Waals surface area contributed by atoms with Gasteiger partial charge < -0.3 is 50.0 Å². The Morgan fingerprint density at radius 1 is 0.844 bits per heavy atom. The maximum atomic E-state index is 13.3. The first-order valence-electron chi connectivity index (χ1n) is 9.71. The van der Waals surface area contributed by atoms with Crippen LogP contribution in [0.25, 0.3) is 0 Å². The maximum absolute atomic E-state index is 13.3. The third-order valence-electron chi connectivity index (χ3n) is 5.44. The van der Waals surface area contributed by atoms with E-state index >= 15 is 0 Å². The zero-order valence-corrected chi connectivity index (χ0v) is 16.7. The van der Waals surface area contributed by atoms with E-state index in [1.165, 1.54) is 19.1 Å². The summed E-state index contributed by atoms with van der Waals surface area (Å²) in [5.41, 5.74) is -0.194. The van der Waals surface area contributed by atoms with Crippen molar-refractivity contribution >= 4 is 5.78 Å². The summed E-state index contributed by atoms with van der Waals surface area (Å²) in [5.74, 6) is -2.59. The first-order chi connectivity index (χ1) is 15.1. The number of phenols is 4. The Morgan fingerprint density at radius 3 is 2.12 bits per heavy atom. The molecule has 2 unspecified atom stereocenters. The van der Waals surface area contributed by atoms with E-state index in [0.29, 0.717) is 0 Å². The number of phenolic OH excluding ortho intramolecular Hbond substituents is 4. The number of ketones is 1. The molecule has 0 aliphatic carbocycles. The highest BCUT2D eigenvalue weighted by Crippen LogP contribution is 2.44. The number of fused-ring (bicyclic) bond motifs is 1. The Labute approximate surface area is 181 Å². The molecule has 0 spiro atoms. The molecule has 2 heterocycles. The van der Waals surface area contributed by atoms with Crippen LogP contribution >= 0.6 is 0 Å². The first kappa shape index (κ1) is 22.1. The van der Waals surface area contributed by atoms with Gasteiger partial charge in [-0.3, -0.25) is 4.79 Å². The van der Waals surface area contributed by atoms with Crippen LogP contribution in [0.5, 0.6) is 28.7 Å². The van der Waals surface area contributed by atoms with E-state index in [9.17, 15) is 40.5 Å². The molecule has 2 aromatic carbocycles. The average Bonchev–Trinajstić information content (AvgIpc) is 2.70. The summed E-state index contributed by atoms with van der Waals surface area (Å²) in [6, 6.07) is 5.52. The van der Waals surface area contributed by atoms with E-state index < -0.39 is 54.4 Å². The molecule has 0 aromatic heterocycles. The van der Waals surface area contributed by atoms with Gasteiger partial charge in [0.25, 0.3) is 0 Å². The van der Waals surface area contributed by atoms with Crippen molar-refractivity contribution in [3.05, 3.63) is 41.5 Å². The van der Waals surface area contributed by atoms with Crippen molar-refractivity contribution in [3.8, 4) is 28.7 Å². The van der Waals surface area contributed by atoms with Gasteiger partial charge >= 0.3 is 0 Å². The summed E-state index contributed by atoms with van der Waals surface area (Å²) in [6.07, 6.45) is -10.1. The van der Waals surface area contributed by atoms with Crippen LogP contribution in [0.4, 0.5) is 0 Å². The van der Waals surface area contributed by atoms with Crippen LogP contribution in [0.3, 0.4) is 0 Å². The third-order valence-corrected chi connectivity index (χ3v) is 5.44. The van der Waals surface area contributed by atoms with Gasteiger partial charge in [0, 0.05) is 23.8 Å². The second-order valence-electron chi connectivity index (χ2n) is 7.76. The van der Waals surface area contributed by atoms with Crippen LogP contribution in [0.2, 0.25) is 0 Å². The predicted octanol–water partition coefficient (Wildman–Crippen LogP) is 0.0381. The minimum Gasteiger partial charge on any atom is -0.508 e. The fraction of sp³-hybridized carbons (Fsp3) is 0.381. The lowest BCUT2D eigenvalue weighted by molar-refractivity contribution is -0.304. The molecule has 7 N–H and O–H groups in total. The van der Waals surface area contributed by atoms with Crippen LogP contribution < -0.4 is 4.74 Å². The van der Waals surface area contributed by atoms with Crippen LogP contribution in [0, 0.1) is 0 Å². The molecule has 0 bridgehead atoms. The van der Waals surface area contributed by atoms with Crippen molar-refractivity contribution in [1.29, 1.82) is 0 Å². The Bertz CT molecular complexity index is 1020. The molecule has 4 rings (SSSR count). The van der Waals surface area contributed by atoms with Gasteiger partial charge in [0.05, 0.1) is 6.10 Å². The predicted molar refractivity (Wildman–Crippen MR) is 104 cm³/mol. The van der Waals surface area contributed by atoms with Gasteiger partial charge in [-0.05, 0) is 19.1 Å². The standard InChI is InChI=1S/C21H22O11/c1-7-15(26)17(28)18(29)21(30-7)32-20-16(27)14-12(25)5-11(24)6-13(14)31-19(20)8-2-9(22)4-10(23)3-8/h2-7,15,17-26,28-29H,1H3/t7-,15-,17+,18+,19?,20?,21-/m0/s1. The lowest BCUT2D eigenvalue weighted by atomic mass is 9.92. The van der Waals surface area contributed by atoms with Gasteiger partial charge in [-0.25, -0.2) is 0 Å². The van der Waals surface area contributed by atoms with Gasteiger partial charge in [0.2, 0.25) is 5.78 Å². The summed E-state index contributed by atoms with van der Waals surface area (Å²) in [4.78, 5) is 13.3. The molecule has 7 atom stereocenters. The number of carbonyl (C=O) groups is 1. The molecule has 2 aliphatic rings. The number of Topliss-reactive ketones (excluding diaryl/α,β-unsaturated/α-hetero) is 1. The van der Waals surface area contributed by atoms with E-state index in [-0.39, 0.29) is 34.1 Å². The molecule has 0 amide bonds. The molecule has 0 saturated carbocycles. The van der Waals surface area contributed by atoms with Crippen LogP contribution in [-0.4, -0.2) is 78.3 Å². The fourth-order valence-corrected chi connectivity index (χ4v) is 3.83. The van der Waals surface area contributed by atoms with Crippen LogP contribution in [0.1, 0.15) is 28.9 Å². The van der Waals surface area contributed by atoms with E-state index in [4.69, 9.17) is 14.2 Å². The molecule has 172 valence electrons. The number of hydrogen-bond donors (Lipinski definition) is 7. The van der Waals surface area contributed by atoms with Gasteiger partial charge in [-0.2, -0.15) is 0 Å². The van der Waals surface area contributed by atoms with Crippen molar-refractivity contribution in [2.75, 3.05) is 0 Å². The lowest BCUT2D eigenvalue weighted by Gasteiger charge is -2.42. The number of hydrogen-bond acceptors (Lipinski definition) is 11. The van der Waals surface area contributed by atoms with E-state index in [2.05, 4.69) is 0 Å². The van der Waals surface area contributed by atoms with Crippen molar-refractivity contribution in [2.24, 2.45) is 0 Å². The van der Waals surface area contributed by atoms with E-state index in [1.54, 1.807) is 0 Å². The largest absolute Gasteiger partial charge is 0.508 e. The Morgan fingerprint density at radius 2 is 1.47 bits per heavy atom. The number of benzene rings is 2. The van der Waals surface area contributed by atoms with Crippen molar-refractivity contribution in [3.63, 3.8) is 0 Å². The average molecular weight is 450 g/mol. The summed E-state index contributed by atoms with van der Waals surface area (Å²) in [7, 11) is 0. The molecule has 11 heteroatoms. The number of carbonyl (C=O) groups excluding carboxylic acids is 1. The van der Waals surface area contributed by atoms with Gasteiger partial charge in [0.15, 0.2) is 18.5 Å². The minimum atomic E-state index is -1.72. The van der Waals surface area contributed by atoms with Crippen molar-refractivity contribution in [2.45, 2.75) is 49.8 Å². The second kappa shape index (κ2) is 8.11. The Kier molecular flexibility index (Phi) is 5.61. The van der Waals surface area contributed by atoms with Gasteiger partial charge in [-0.1, -0.05) is 0 Å². The lowest BCUT2D eigenvalue weighted by Crippen LogP contribution is -2.59. The summed E-state index contributed by atoms with van der Waals surface area (Å²) in [5, 5.41) is 70.0. The topological polar surface area (TPSA) is 186 Å². The highest BCUT2D eigenvalue weighted by molar-refractivity contribution is 6.05. The quantitative estimate of drug-likeness (QED) is 0.335. The summed E-state index contributed by atoms with van der Waals surface area (Å²) < 4.78 is 16.9. The first-order valence-corrected chi connectivity index (χ1v) is 9.71. The molecule has 2 aromatic rings. The molecule has 0 radical (unpaired) electrons. The molecule has 32 heavy (non-hydrogen) atoms. The normalized spacial score (nSPS) is 32.2. The Hall–Kier alpha value is -3.09. The fourth-order valence-electron chi connectivity index (χ4n) is 3.83. The van der Waals surface area contributed by atoms with Crippen LogP contribution in [-0.2, 0) is 9.47 Å². The molecule has 11 nitrogen and oxygen atoms in total. The highest BCUT2D eigenvalue weighted by Gasteiger charge is 2.48. The number of aliphatic hydroxyl groups is 3. The molecule has 2 aliphatic heterocycles. The maximum Gasteiger partial charge on any atom is 0.203 e. The summed E-state index contributed by atoms with van der Waals surface area (Å²) >= 11 is 0. The van der Waals surface area contributed by atoms with Crippen molar-refractivity contribution < 1.29 is 54.8 Å². The number of aromatic hydroxyl groups is 4. The Balaban J connectivity index is 1.76. The smallest absolute Gasteiger partial charge is 0.203 e. The molecular formula is C21H22O11. The van der Waals surface area contributed by atoms with Gasteiger partial charge in [-0.15, -0.1) is 0 Å². The zero-order valence-electron chi connectivity index (χ0n) is 16.7. The summed E-state index contributed by atoms with van der Waals surface area (Å²) in [6.45, 7) is 1.43. The van der Waals surface area contributed by atoms with Crippen molar-refractivity contribution in [1.82, 2.24) is 0 Å². The monoisotopic (exact) mass is 450 g/mol.